The highest BCUT2D eigenvalue weighted by molar-refractivity contribution is 5.69. The lowest BCUT2D eigenvalue weighted by molar-refractivity contribution is -0.131. The van der Waals surface area contributed by atoms with Crippen LogP contribution in [-0.4, -0.2) is 17.7 Å². The van der Waals surface area contributed by atoms with E-state index >= 15 is 0 Å². The average Bonchev–Trinajstić information content (AvgIpc) is 2.54. The molecule has 0 bridgehead atoms. The van der Waals surface area contributed by atoms with E-state index in [1.807, 2.05) is 19.1 Å². The topological polar surface area (TPSA) is 65.0 Å². The Hall–Kier alpha value is -2.69. The third-order valence-corrected chi connectivity index (χ3v) is 3.89. The van der Waals surface area contributed by atoms with Gasteiger partial charge in [-0.1, -0.05) is 6.07 Å². The van der Waals surface area contributed by atoms with Crippen LogP contribution in [0.1, 0.15) is 37.5 Å². The summed E-state index contributed by atoms with van der Waals surface area (Å²) < 4.78 is 16.9. The van der Waals surface area contributed by atoms with Crippen LogP contribution < -0.4 is 14.2 Å². The van der Waals surface area contributed by atoms with Gasteiger partial charge in [0.2, 0.25) is 0 Å². The summed E-state index contributed by atoms with van der Waals surface area (Å²) in [6.45, 7) is 3.78. The van der Waals surface area contributed by atoms with Crippen molar-refractivity contribution < 1.29 is 24.1 Å². The van der Waals surface area contributed by atoms with Crippen LogP contribution in [0.4, 0.5) is 0 Å². The van der Waals surface area contributed by atoms with E-state index in [4.69, 9.17) is 14.2 Å². The molecule has 5 heteroatoms. The molecule has 2 aromatic carbocycles. The molecular weight excluding hydrogens is 308 g/mol. The first-order chi connectivity index (χ1) is 11.6. The minimum Gasteiger partial charge on any atom is -0.508 e. The Bertz CT molecular complexity index is 753. The number of carbonyl (C=O) groups excluding carboxylic acids is 1. The smallest absolute Gasteiger partial charge is 0.308 e. The second-order valence-corrected chi connectivity index (χ2v) is 5.66. The van der Waals surface area contributed by atoms with Crippen molar-refractivity contribution >= 4 is 5.97 Å². The van der Waals surface area contributed by atoms with Crippen molar-refractivity contribution in [3.63, 3.8) is 0 Å². The minimum atomic E-state index is -0.362. The Balaban J connectivity index is 1.88. The van der Waals surface area contributed by atoms with Gasteiger partial charge in [0, 0.05) is 24.6 Å². The molecule has 1 heterocycles. The standard InChI is InChI=1S/C19H20O5/c1-3-22-19-10-14(21)6-8-16(19)17-9-5-13-4-7-15(23-12(2)20)11-18(13)24-17/h4,6-8,10-11,17,21H,3,5,9H2,1-2H3. The highest BCUT2D eigenvalue weighted by Gasteiger charge is 2.25. The minimum absolute atomic E-state index is 0.163. The number of aromatic hydroxyl groups is 1. The van der Waals surface area contributed by atoms with E-state index in [0.29, 0.717) is 23.9 Å². The van der Waals surface area contributed by atoms with Gasteiger partial charge in [0.15, 0.2) is 0 Å². The molecule has 1 unspecified atom stereocenters. The zero-order valence-corrected chi connectivity index (χ0v) is 13.7. The Morgan fingerprint density at radius 3 is 2.88 bits per heavy atom. The molecule has 1 aliphatic heterocycles. The summed E-state index contributed by atoms with van der Waals surface area (Å²) in [5.74, 6) is 1.61. The van der Waals surface area contributed by atoms with Crippen LogP contribution in [0.25, 0.3) is 0 Å². The fourth-order valence-electron chi connectivity index (χ4n) is 2.87. The van der Waals surface area contributed by atoms with Gasteiger partial charge in [0.1, 0.15) is 29.1 Å². The first kappa shape index (κ1) is 16.2. The molecule has 0 saturated heterocycles. The van der Waals surface area contributed by atoms with Crippen molar-refractivity contribution in [3.05, 3.63) is 47.5 Å². The number of rotatable bonds is 4. The molecule has 0 fully saturated rings. The average molecular weight is 328 g/mol. The lowest BCUT2D eigenvalue weighted by atomic mass is 9.96. The van der Waals surface area contributed by atoms with Crippen molar-refractivity contribution in [3.8, 4) is 23.0 Å². The monoisotopic (exact) mass is 328 g/mol. The first-order valence-electron chi connectivity index (χ1n) is 8.00. The van der Waals surface area contributed by atoms with Crippen molar-refractivity contribution in [2.24, 2.45) is 0 Å². The lowest BCUT2D eigenvalue weighted by Gasteiger charge is -2.28. The van der Waals surface area contributed by atoms with Crippen LogP contribution in [0, 0.1) is 0 Å². The maximum absolute atomic E-state index is 11.1. The van der Waals surface area contributed by atoms with Crippen LogP contribution in [0.5, 0.6) is 23.0 Å². The van der Waals surface area contributed by atoms with Crippen molar-refractivity contribution in [2.45, 2.75) is 32.8 Å². The fraction of sp³-hybridized carbons (Fsp3) is 0.316. The molecule has 126 valence electrons. The molecule has 0 aromatic heterocycles. The number of hydrogen-bond donors (Lipinski definition) is 1. The van der Waals surface area contributed by atoms with Gasteiger partial charge in [-0.2, -0.15) is 0 Å². The number of fused-ring (bicyclic) bond motifs is 1. The van der Waals surface area contributed by atoms with Gasteiger partial charge < -0.3 is 19.3 Å². The normalized spacial score (nSPS) is 16.0. The number of ether oxygens (including phenoxy) is 3. The van der Waals surface area contributed by atoms with Gasteiger partial charge in [0.25, 0.3) is 0 Å². The molecule has 5 nitrogen and oxygen atoms in total. The van der Waals surface area contributed by atoms with Gasteiger partial charge in [-0.3, -0.25) is 4.79 Å². The van der Waals surface area contributed by atoms with Crippen LogP contribution in [0.2, 0.25) is 0 Å². The molecule has 3 rings (SSSR count). The second-order valence-electron chi connectivity index (χ2n) is 5.66. The number of phenolic OH excluding ortho intramolecular Hbond substituents is 1. The van der Waals surface area contributed by atoms with E-state index < -0.39 is 0 Å². The van der Waals surface area contributed by atoms with Gasteiger partial charge in [-0.05, 0) is 43.5 Å². The third kappa shape index (κ3) is 3.45. The Kier molecular flexibility index (Phi) is 4.60. The van der Waals surface area contributed by atoms with E-state index in [-0.39, 0.29) is 17.8 Å². The summed E-state index contributed by atoms with van der Waals surface area (Å²) in [4.78, 5) is 11.1. The van der Waals surface area contributed by atoms with Gasteiger partial charge in [-0.15, -0.1) is 0 Å². The highest BCUT2D eigenvalue weighted by Crippen LogP contribution is 2.40. The summed E-state index contributed by atoms with van der Waals surface area (Å²) in [5, 5.41) is 9.67. The van der Waals surface area contributed by atoms with Gasteiger partial charge >= 0.3 is 5.97 Å². The number of hydrogen-bond acceptors (Lipinski definition) is 5. The first-order valence-corrected chi connectivity index (χ1v) is 8.00. The van der Waals surface area contributed by atoms with E-state index in [0.717, 1.165) is 24.0 Å². The fourth-order valence-corrected chi connectivity index (χ4v) is 2.87. The van der Waals surface area contributed by atoms with Crippen LogP contribution in [-0.2, 0) is 11.2 Å². The summed E-state index contributed by atoms with van der Waals surface area (Å²) in [6.07, 6.45) is 1.49. The second kappa shape index (κ2) is 6.83. The predicted molar refractivity (Wildman–Crippen MR) is 88.7 cm³/mol. The number of esters is 1. The molecule has 0 spiro atoms. The van der Waals surface area contributed by atoms with Crippen LogP contribution in [0.3, 0.4) is 0 Å². The number of phenols is 1. The Labute approximate surface area is 140 Å². The molecule has 24 heavy (non-hydrogen) atoms. The van der Waals surface area contributed by atoms with Crippen molar-refractivity contribution in [1.82, 2.24) is 0 Å². The van der Waals surface area contributed by atoms with Gasteiger partial charge in [0.05, 0.1) is 6.61 Å². The largest absolute Gasteiger partial charge is 0.508 e. The molecule has 0 amide bonds. The molecular formula is C19H20O5. The Morgan fingerprint density at radius 1 is 1.29 bits per heavy atom. The van der Waals surface area contributed by atoms with Crippen molar-refractivity contribution in [1.29, 1.82) is 0 Å². The molecule has 2 aromatic rings. The van der Waals surface area contributed by atoms with E-state index in [2.05, 4.69) is 0 Å². The molecule has 1 atom stereocenters. The highest BCUT2D eigenvalue weighted by atomic mass is 16.5. The quantitative estimate of drug-likeness (QED) is 0.683. The third-order valence-electron chi connectivity index (χ3n) is 3.89. The van der Waals surface area contributed by atoms with Crippen LogP contribution >= 0.6 is 0 Å². The predicted octanol–water partition coefficient (Wildman–Crippen LogP) is 3.78. The summed E-state index contributed by atoms with van der Waals surface area (Å²) in [6, 6.07) is 10.5. The number of aryl methyl sites for hydroxylation is 1. The molecule has 0 saturated carbocycles. The van der Waals surface area contributed by atoms with E-state index in [9.17, 15) is 9.90 Å². The zero-order chi connectivity index (χ0) is 17.1. The molecule has 1 N–H and O–H groups in total. The van der Waals surface area contributed by atoms with E-state index in [1.165, 1.54) is 6.92 Å². The SMILES string of the molecule is CCOc1cc(O)ccc1C1CCc2ccc(OC(C)=O)cc2O1. The Morgan fingerprint density at radius 2 is 2.12 bits per heavy atom. The molecule has 0 aliphatic carbocycles. The van der Waals surface area contributed by atoms with Crippen molar-refractivity contribution in [2.75, 3.05) is 6.61 Å². The summed E-state index contributed by atoms with van der Waals surface area (Å²) in [5.41, 5.74) is 1.98. The molecule has 0 radical (unpaired) electrons. The van der Waals surface area contributed by atoms with Crippen LogP contribution in [0.15, 0.2) is 36.4 Å². The van der Waals surface area contributed by atoms with Gasteiger partial charge in [-0.25, -0.2) is 0 Å². The summed E-state index contributed by atoms with van der Waals surface area (Å²) >= 11 is 0. The zero-order valence-electron chi connectivity index (χ0n) is 13.7. The van der Waals surface area contributed by atoms with E-state index in [1.54, 1.807) is 24.3 Å². The maximum atomic E-state index is 11.1. The maximum Gasteiger partial charge on any atom is 0.308 e. The number of carbonyl (C=O) groups is 1. The summed E-state index contributed by atoms with van der Waals surface area (Å²) in [7, 11) is 0. The lowest BCUT2D eigenvalue weighted by Crippen LogP contribution is -2.16. The molecule has 1 aliphatic rings. The number of benzene rings is 2.